The molecule has 4 atom stereocenters. The Morgan fingerprint density at radius 1 is 1.33 bits per heavy atom. The Balaban J connectivity index is 1.71. The normalized spacial score (nSPS) is 44.9. The molecule has 1 amide bonds. The van der Waals surface area contributed by atoms with Crippen LogP contribution in [0.15, 0.2) is 12.7 Å². The molecule has 1 N–H and O–H groups in total. The number of nitrogens with one attached hydrogen (secondary N) is 1. The van der Waals surface area contributed by atoms with Crippen LogP contribution in [0.1, 0.15) is 44.9 Å². The van der Waals surface area contributed by atoms with E-state index in [2.05, 4.69) is 27.8 Å². The van der Waals surface area contributed by atoms with E-state index in [0.29, 0.717) is 16.3 Å². The molecule has 4 aliphatic carbocycles. The summed E-state index contributed by atoms with van der Waals surface area (Å²) in [6.45, 7) is 4.25. The molecule has 0 heterocycles. The summed E-state index contributed by atoms with van der Waals surface area (Å²) in [7, 11) is 0. The van der Waals surface area contributed by atoms with Crippen LogP contribution >= 0.6 is 15.9 Å². The van der Waals surface area contributed by atoms with E-state index in [-0.39, 0.29) is 5.91 Å². The smallest absolute Gasteiger partial charge is 0.220 e. The van der Waals surface area contributed by atoms with Crippen molar-refractivity contribution in [2.75, 3.05) is 6.54 Å². The van der Waals surface area contributed by atoms with Crippen molar-refractivity contribution in [2.24, 2.45) is 17.3 Å². The first-order chi connectivity index (χ1) is 8.53. The fourth-order valence-corrected chi connectivity index (χ4v) is 6.64. The van der Waals surface area contributed by atoms with E-state index in [0.717, 1.165) is 18.3 Å². The first-order valence-corrected chi connectivity index (χ1v) is 7.88. The molecule has 100 valence electrons. The average molecular weight is 312 g/mol. The third-order valence-corrected chi connectivity index (χ3v) is 6.02. The number of hydrogen-bond donors (Lipinski definition) is 1. The third kappa shape index (κ3) is 2.26. The van der Waals surface area contributed by atoms with E-state index >= 15 is 0 Å². The van der Waals surface area contributed by atoms with Crippen LogP contribution in [-0.2, 0) is 4.79 Å². The molecule has 0 aromatic carbocycles. The lowest BCUT2D eigenvalue weighted by Gasteiger charge is -2.60. The molecule has 0 spiro atoms. The number of carbonyl (C=O) groups excluding carboxylic acids is 1. The highest BCUT2D eigenvalue weighted by atomic mass is 79.9. The molecule has 18 heavy (non-hydrogen) atoms. The largest absolute Gasteiger partial charge is 0.353 e. The zero-order chi connectivity index (χ0) is 12.8. The van der Waals surface area contributed by atoms with Crippen molar-refractivity contribution in [3.8, 4) is 0 Å². The van der Waals surface area contributed by atoms with Crippen LogP contribution in [0.3, 0.4) is 0 Å². The molecule has 4 fully saturated rings. The SMILES string of the molecule is C=CCNC(=O)CC12C[C@@H]3C[C@@H](CC(Br)(C3)C1)C2. The number of amides is 1. The van der Waals surface area contributed by atoms with E-state index in [1.807, 2.05) is 0 Å². The van der Waals surface area contributed by atoms with E-state index in [1.165, 1.54) is 38.5 Å². The van der Waals surface area contributed by atoms with Gasteiger partial charge in [0.25, 0.3) is 0 Å². The van der Waals surface area contributed by atoms with Crippen LogP contribution in [-0.4, -0.2) is 16.8 Å². The van der Waals surface area contributed by atoms with Crippen molar-refractivity contribution in [3.05, 3.63) is 12.7 Å². The van der Waals surface area contributed by atoms with Gasteiger partial charge >= 0.3 is 0 Å². The van der Waals surface area contributed by atoms with Gasteiger partial charge in [0.05, 0.1) is 0 Å². The van der Waals surface area contributed by atoms with Crippen molar-refractivity contribution in [1.82, 2.24) is 5.32 Å². The second kappa shape index (κ2) is 4.36. The summed E-state index contributed by atoms with van der Waals surface area (Å²) in [5, 5.41) is 2.95. The molecule has 2 unspecified atom stereocenters. The molecule has 4 saturated carbocycles. The van der Waals surface area contributed by atoms with Gasteiger partial charge in [0, 0.05) is 17.3 Å². The van der Waals surface area contributed by atoms with Gasteiger partial charge in [-0.2, -0.15) is 0 Å². The number of halogens is 1. The quantitative estimate of drug-likeness (QED) is 0.625. The minimum absolute atomic E-state index is 0.216. The number of alkyl halides is 1. The monoisotopic (exact) mass is 311 g/mol. The van der Waals surface area contributed by atoms with Gasteiger partial charge < -0.3 is 5.32 Å². The second-order valence-electron chi connectivity index (χ2n) is 6.88. The van der Waals surface area contributed by atoms with Gasteiger partial charge in [-0.25, -0.2) is 0 Å². The lowest BCUT2D eigenvalue weighted by molar-refractivity contribution is -0.127. The molecule has 0 aromatic heterocycles. The predicted octanol–water partition coefficient (Wildman–Crippen LogP) is 3.41. The third-order valence-electron chi connectivity index (χ3n) is 5.09. The summed E-state index contributed by atoms with van der Waals surface area (Å²) in [5.74, 6) is 1.93. The standard InChI is InChI=1S/C15H22BrNO/c1-2-3-17-13(18)9-14-5-11-4-12(6-14)8-15(16,7-11)10-14/h2,11-12H,1,3-10H2,(H,17,18)/t11-,12+,14?,15?. The lowest BCUT2D eigenvalue weighted by atomic mass is 9.48. The first kappa shape index (κ1) is 12.7. The summed E-state index contributed by atoms with van der Waals surface area (Å²) in [5.41, 5.74) is 0.291. The summed E-state index contributed by atoms with van der Waals surface area (Å²) in [4.78, 5) is 12.0. The second-order valence-corrected chi connectivity index (χ2v) is 8.56. The number of carbonyl (C=O) groups is 1. The van der Waals surface area contributed by atoms with Crippen LogP contribution < -0.4 is 5.32 Å². The Bertz CT molecular complexity index is 365. The molecule has 0 saturated heterocycles. The van der Waals surface area contributed by atoms with Gasteiger partial charge in [-0.05, 0) is 55.8 Å². The number of rotatable bonds is 4. The van der Waals surface area contributed by atoms with Crippen LogP contribution in [0.4, 0.5) is 0 Å². The van der Waals surface area contributed by atoms with Gasteiger partial charge in [-0.1, -0.05) is 22.0 Å². The van der Waals surface area contributed by atoms with Crippen LogP contribution in [0, 0.1) is 17.3 Å². The Morgan fingerprint density at radius 2 is 2.00 bits per heavy atom. The minimum atomic E-state index is 0.216. The molecule has 0 aromatic rings. The van der Waals surface area contributed by atoms with Crippen LogP contribution in [0.5, 0.6) is 0 Å². The molecule has 4 bridgehead atoms. The predicted molar refractivity (Wildman–Crippen MR) is 76.6 cm³/mol. The maximum Gasteiger partial charge on any atom is 0.220 e. The number of hydrogen-bond acceptors (Lipinski definition) is 1. The molecular weight excluding hydrogens is 290 g/mol. The van der Waals surface area contributed by atoms with E-state index in [9.17, 15) is 4.79 Å². The Hall–Kier alpha value is -0.310. The van der Waals surface area contributed by atoms with Crippen molar-refractivity contribution in [1.29, 1.82) is 0 Å². The summed E-state index contributed by atoms with van der Waals surface area (Å²) in [6.07, 6.45) is 10.3. The van der Waals surface area contributed by atoms with Gasteiger partial charge in [0.1, 0.15) is 0 Å². The summed E-state index contributed by atoms with van der Waals surface area (Å²) < 4.78 is 0.357. The zero-order valence-electron chi connectivity index (χ0n) is 10.9. The Kier molecular flexibility index (Phi) is 3.08. The lowest BCUT2D eigenvalue weighted by Crippen LogP contribution is -2.54. The van der Waals surface area contributed by atoms with Gasteiger partial charge in [-0.15, -0.1) is 6.58 Å². The molecular formula is C15H22BrNO. The highest BCUT2D eigenvalue weighted by molar-refractivity contribution is 9.10. The average Bonchev–Trinajstić information content (AvgIpc) is 2.21. The van der Waals surface area contributed by atoms with Crippen LogP contribution in [0.2, 0.25) is 0 Å². The van der Waals surface area contributed by atoms with Crippen molar-refractivity contribution in [2.45, 2.75) is 49.3 Å². The highest BCUT2D eigenvalue weighted by Gasteiger charge is 2.57. The molecule has 0 radical (unpaired) electrons. The van der Waals surface area contributed by atoms with Crippen molar-refractivity contribution < 1.29 is 4.79 Å². The maximum atomic E-state index is 12.0. The Morgan fingerprint density at radius 3 is 2.56 bits per heavy atom. The maximum absolute atomic E-state index is 12.0. The first-order valence-electron chi connectivity index (χ1n) is 7.09. The topological polar surface area (TPSA) is 29.1 Å². The fraction of sp³-hybridized carbons (Fsp3) is 0.800. The molecule has 3 heteroatoms. The zero-order valence-corrected chi connectivity index (χ0v) is 12.5. The minimum Gasteiger partial charge on any atom is -0.353 e. The van der Waals surface area contributed by atoms with Gasteiger partial charge in [0.15, 0.2) is 0 Å². The molecule has 2 nitrogen and oxygen atoms in total. The molecule has 0 aliphatic heterocycles. The summed E-state index contributed by atoms with van der Waals surface area (Å²) >= 11 is 3.99. The fourth-order valence-electron chi connectivity index (χ4n) is 5.13. The van der Waals surface area contributed by atoms with Gasteiger partial charge in [-0.3, -0.25) is 4.79 Å². The molecule has 4 rings (SSSR count). The van der Waals surface area contributed by atoms with Gasteiger partial charge in [0.2, 0.25) is 5.91 Å². The molecule has 4 aliphatic rings. The summed E-state index contributed by atoms with van der Waals surface area (Å²) in [6, 6.07) is 0. The highest BCUT2D eigenvalue weighted by Crippen LogP contribution is 2.65. The van der Waals surface area contributed by atoms with Crippen LogP contribution in [0.25, 0.3) is 0 Å². The van der Waals surface area contributed by atoms with E-state index in [1.54, 1.807) is 6.08 Å². The van der Waals surface area contributed by atoms with Crippen molar-refractivity contribution >= 4 is 21.8 Å². The van der Waals surface area contributed by atoms with E-state index < -0.39 is 0 Å². The van der Waals surface area contributed by atoms with Crippen molar-refractivity contribution in [3.63, 3.8) is 0 Å². The van der Waals surface area contributed by atoms with E-state index in [4.69, 9.17) is 0 Å². The Labute approximate surface area is 118 Å².